The number of tetrazole rings is 1. The van der Waals surface area contributed by atoms with Crippen molar-refractivity contribution < 1.29 is 9.53 Å². The van der Waals surface area contributed by atoms with Gasteiger partial charge in [-0.25, -0.2) is 4.68 Å². The summed E-state index contributed by atoms with van der Waals surface area (Å²) in [6, 6.07) is 7.61. The van der Waals surface area contributed by atoms with Crippen molar-refractivity contribution in [3.63, 3.8) is 0 Å². The van der Waals surface area contributed by atoms with E-state index in [1.54, 1.807) is 11.6 Å². The quantitative estimate of drug-likeness (QED) is 0.851. The molecular formula is C17H23N5O2. The molecule has 7 nitrogen and oxygen atoms in total. The summed E-state index contributed by atoms with van der Waals surface area (Å²) in [5.74, 6) is 0.599. The van der Waals surface area contributed by atoms with Gasteiger partial charge in [0.15, 0.2) is 6.10 Å². The van der Waals surface area contributed by atoms with Crippen LogP contribution in [-0.4, -0.2) is 38.3 Å². The Morgan fingerprint density at radius 3 is 2.54 bits per heavy atom. The Hall–Kier alpha value is -2.44. The number of nitrogens with zero attached hydrogens (tertiary/aromatic N) is 4. The van der Waals surface area contributed by atoms with Crippen LogP contribution >= 0.6 is 0 Å². The molecule has 0 radical (unpaired) electrons. The van der Waals surface area contributed by atoms with Gasteiger partial charge in [-0.1, -0.05) is 25.7 Å². The molecule has 0 aliphatic heterocycles. The van der Waals surface area contributed by atoms with Crippen molar-refractivity contribution in [1.82, 2.24) is 25.5 Å². The molecule has 24 heavy (non-hydrogen) atoms. The van der Waals surface area contributed by atoms with Gasteiger partial charge in [0.1, 0.15) is 12.1 Å². The summed E-state index contributed by atoms with van der Waals surface area (Å²) in [6.07, 6.45) is 8.07. The molecule has 7 heteroatoms. The van der Waals surface area contributed by atoms with Gasteiger partial charge in [0.25, 0.3) is 5.91 Å². The lowest BCUT2D eigenvalue weighted by Gasteiger charge is -2.20. The fraction of sp³-hybridized carbons (Fsp3) is 0.529. The normalized spacial score (nSPS) is 17.0. The number of carbonyl (C=O) groups excluding carboxylic acids is 1. The minimum Gasteiger partial charge on any atom is -0.481 e. The van der Waals surface area contributed by atoms with Gasteiger partial charge in [0.2, 0.25) is 0 Å². The van der Waals surface area contributed by atoms with Crippen LogP contribution in [0.25, 0.3) is 5.69 Å². The van der Waals surface area contributed by atoms with Crippen molar-refractivity contribution in [2.24, 2.45) is 0 Å². The van der Waals surface area contributed by atoms with Crippen molar-refractivity contribution in [2.45, 2.75) is 57.6 Å². The molecule has 1 unspecified atom stereocenters. The molecule has 0 spiro atoms. The molecule has 3 rings (SSSR count). The average Bonchev–Trinajstić information content (AvgIpc) is 3.01. The Kier molecular flexibility index (Phi) is 5.40. The lowest BCUT2D eigenvalue weighted by atomic mass is 10.1. The molecule has 1 saturated carbocycles. The van der Waals surface area contributed by atoms with E-state index in [1.165, 1.54) is 32.0 Å². The smallest absolute Gasteiger partial charge is 0.260 e. The van der Waals surface area contributed by atoms with Crippen LogP contribution in [0.3, 0.4) is 0 Å². The van der Waals surface area contributed by atoms with E-state index in [9.17, 15) is 4.79 Å². The van der Waals surface area contributed by atoms with Crippen molar-refractivity contribution in [2.75, 3.05) is 0 Å². The molecule has 0 bridgehead atoms. The molecule has 1 aromatic carbocycles. The second kappa shape index (κ2) is 7.90. The predicted octanol–water partition coefficient (Wildman–Crippen LogP) is 2.27. The highest BCUT2D eigenvalue weighted by Gasteiger charge is 2.20. The molecule has 128 valence electrons. The molecule has 0 saturated heterocycles. The summed E-state index contributed by atoms with van der Waals surface area (Å²) in [6.45, 7) is 1.78. The van der Waals surface area contributed by atoms with E-state index >= 15 is 0 Å². The van der Waals surface area contributed by atoms with Crippen molar-refractivity contribution in [3.05, 3.63) is 30.6 Å². The Bertz CT molecular complexity index is 634. The molecule has 1 aliphatic rings. The highest BCUT2D eigenvalue weighted by molar-refractivity contribution is 5.81. The summed E-state index contributed by atoms with van der Waals surface area (Å²) in [7, 11) is 0. The zero-order chi connectivity index (χ0) is 16.8. The van der Waals surface area contributed by atoms with Gasteiger partial charge in [-0.2, -0.15) is 0 Å². The molecule has 2 aromatic rings. The average molecular weight is 329 g/mol. The van der Waals surface area contributed by atoms with Crippen LogP contribution in [0, 0.1) is 0 Å². The Morgan fingerprint density at radius 1 is 1.21 bits per heavy atom. The fourth-order valence-electron chi connectivity index (χ4n) is 2.96. The number of nitrogens with one attached hydrogen (secondary N) is 1. The molecule has 1 aromatic heterocycles. The lowest BCUT2D eigenvalue weighted by Crippen LogP contribution is -2.42. The third-order valence-corrected chi connectivity index (χ3v) is 4.33. The standard InChI is InChI=1S/C17H23N5O2/c1-13(17(23)19-14-6-4-2-3-5-7-14)24-16-10-8-15(9-11-16)22-12-18-20-21-22/h8-14H,2-7H2,1H3,(H,19,23). The maximum absolute atomic E-state index is 12.3. The third kappa shape index (κ3) is 4.31. The highest BCUT2D eigenvalue weighted by Crippen LogP contribution is 2.18. The van der Waals surface area contributed by atoms with Crippen LogP contribution in [0.15, 0.2) is 30.6 Å². The summed E-state index contributed by atoms with van der Waals surface area (Å²) in [5.41, 5.74) is 0.836. The maximum atomic E-state index is 12.3. The molecule has 1 amide bonds. The van der Waals surface area contributed by atoms with Crippen LogP contribution in [0.4, 0.5) is 0 Å². The zero-order valence-corrected chi connectivity index (χ0v) is 13.9. The predicted molar refractivity (Wildman–Crippen MR) is 88.9 cm³/mol. The number of hydrogen-bond acceptors (Lipinski definition) is 5. The third-order valence-electron chi connectivity index (χ3n) is 4.33. The Balaban J connectivity index is 1.53. The first-order valence-corrected chi connectivity index (χ1v) is 8.53. The highest BCUT2D eigenvalue weighted by atomic mass is 16.5. The van der Waals surface area contributed by atoms with Crippen LogP contribution in [0.1, 0.15) is 45.4 Å². The molecule has 1 atom stereocenters. The van der Waals surface area contributed by atoms with E-state index in [-0.39, 0.29) is 11.9 Å². The number of benzene rings is 1. The van der Waals surface area contributed by atoms with Gasteiger partial charge in [0, 0.05) is 6.04 Å². The lowest BCUT2D eigenvalue weighted by molar-refractivity contribution is -0.128. The van der Waals surface area contributed by atoms with E-state index < -0.39 is 6.10 Å². The fourth-order valence-corrected chi connectivity index (χ4v) is 2.96. The van der Waals surface area contributed by atoms with E-state index in [0.29, 0.717) is 5.75 Å². The van der Waals surface area contributed by atoms with Gasteiger partial charge < -0.3 is 10.1 Å². The van der Waals surface area contributed by atoms with Crippen LogP contribution in [0.5, 0.6) is 5.75 Å². The maximum Gasteiger partial charge on any atom is 0.260 e. The van der Waals surface area contributed by atoms with E-state index in [1.807, 2.05) is 24.3 Å². The molecular weight excluding hydrogens is 306 g/mol. The zero-order valence-electron chi connectivity index (χ0n) is 13.9. The summed E-state index contributed by atoms with van der Waals surface area (Å²) < 4.78 is 7.31. The Labute approximate surface area is 141 Å². The SMILES string of the molecule is CC(Oc1ccc(-n2cnnn2)cc1)C(=O)NC1CCCCCC1. The van der Waals surface area contributed by atoms with Gasteiger partial charge >= 0.3 is 0 Å². The summed E-state index contributed by atoms with van der Waals surface area (Å²) >= 11 is 0. The number of aromatic nitrogens is 4. The topological polar surface area (TPSA) is 81.9 Å². The largest absolute Gasteiger partial charge is 0.481 e. The van der Waals surface area contributed by atoms with Gasteiger partial charge in [-0.15, -0.1) is 5.10 Å². The first-order valence-electron chi connectivity index (χ1n) is 8.53. The Morgan fingerprint density at radius 2 is 1.92 bits per heavy atom. The van der Waals surface area contributed by atoms with Crippen molar-refractivity contribution in [3.8, 4) is 11.4 Å². The molecule has 1 fully saturated rings. The molecule has 1 aliphatic carbocycles. The number of ether oxygens (including phenoxy) is 1. The van der Waals surface area contributed by atoms with E-state index in [2.05, 4.69) is 20.8 Å². The minimum atomic E-state index is -0.521. The second-order valence-corrected chi connectivity index (χ2v) is 6.21. The number of rotatable bonds is 5. The number of amides is 1. The molecule has 1 N–H and O–H groups in total. The molecule has 1 heterocycles. The first kappa shape index (κ1) is 16.4. The van der Waals surface area contributed by atoms with Crippen LogP contribution < -0.4 is 10.1 Å². The minimum absolute atomic E-state index is 0.0496. The number of carbonyl (C=O) groups is 1. The van der Waals surface area contributed by atoms with Gasteiger partial charge in [-0.05, 0) is 54.5 Å². The van der Waals surface area contributed by atoms with Crippen LogP contribution in [-0.2, 0) is 4.79 Å². The second-order valence-electron chi connectivity index (χ2n) is 6.21. The van der Waals surface area contributed by atoms with Gasteiger partial charge in [0.05, 0.1) is 5.69 Å². The summed E-state index contributed by atoms with van der Waals surface area (Å²) in [4.78, 5) is 12.3. The monoisotopic (exact) mass is 329 g/mol. The first-order chi connectivity index (χ1) is 11.7. The van der Waals surface area contributed by atoms with Crippen LogP contribution in [0.2, 0.25) is 0 Å². The van der Waals surface area contributed by atoms with E-state index in [4.69, 9.17) is 4.74 Å². The van der Waals surface area contributed by atoms with E-state index in [0.717, 1.165) is 18.5 Å². The summed E-state index contributed by atoms with van der Waals surface area (Å²) in [5, 5.41) is 14.2. The van der Waals surface area contributed by atoms with Gasteiger partial charge in [-0.3, -0.25) is 4.79 Å². The van der Waals surface area contributed by atoms with Crippen molar-refractivity contribution >= 4 is 5.91 Å². The van der Waals surface area contributed by atoms with Crippen molar-refractivity contribution in [1.29, 1.82) is 0 Å². The number of hydrogen-bond donors (Lipinski definition) is 1.